The maximum atomic E-state index is 12.8. The third kappa shape index (κ3) is 4.36. The minimum Gasteiger partial charge on any atom is -0.391 e. The van der Waals surface area contributed by atoms with Gasteiger partial charge in [-0.2, -0.15) is 0 Å². The van der Waals surface area contributed by atoms with E-state index in [-0.39, 0.29) is 30.3 Å². The molecule has 1 aromatic heterocycles. The number of nitrogens with zero attached hydrogens (tertiary/aromatic N) is 2. The summed E-state index contributed by atoms with van der Waals surface area (Å²) in [5.41, 5.74) is 0.390. The smallest absolute Gasteiger partial charge is 0.261 e. The summed E-state index contributed by atoms with van der Waals surface area (Å²) in [6, 6.07) is 3.43. The number of Topliss-reactive ketones (excluding diaryl/α,β-unsaturated/α-hetero) is 1. The number of halogens is 1. The summed E-state index contributed by atoms with van der Waals surface area (Å²) in [5, 5.41) is 13.7. The Bertz CT molecular complexity index is 871. The first kappa shape index (κ1) is 19.5. The van der Waals surface area contributed by atoms with E-state index in [9.17, 15) is 14.7 Å². The van der Waals surface area contributed by atoms with Gasteiger partial charge in [0.25, 0.3) is 5.56 Å². The molecular weight excluding hydrogens is 418 g/mol. The second-order valence-corrected chi connectivity index (χ2v) is 8.58. The standard InChI is InChI=1S/C18H22BrN3O3S/c1-2-26-17-7-12-14(8-13(17)19)21-10-22(18(12)25)9-11(23)6-15-16(24)4-3-5-20-15/h7-8,10,15-16,20,24H,2-6,9H2,1H3/t15-,16+/m1/s1. The van der Waals surface area contributed by atoms with Gasteiger partial charge in [-0.1, -0.05) is 6.92 Å². The molecule has 3 rings (SSSR count). The molecule has 1 saturated heterocycles. The highest BCUT2D eigenvalue weighted by Gasteiger charge is 2.25. The Kier molecular flexibility index (Phi) is 6.50. The van der Waals surface area contributed by atoms with E-state index in [1.807, 2.05) is 12.1 Å². The Labute approximate surface area is 164 Å². The molecule has 1 aliphatic heterocycles. The number of aliphatic hydroxyl groups excluding tert-OH is 1. The second-order valence-electron chi connectivity index (χ2n) is 6.42. The number of rotatable bonds is 6. The number of aromatic nitrogens is 2. The fourth-order valence-electron chi connectivity index (χ4n) is 3.18. The van der Waals surface area contributed by atoms with Crippen LogP contribution in [0, 0.1) is 0 Å². The van der Waals surface area contributed by atoms with Crippen LogP contribution < -0.4 is 10.9 Å². The van der Waals surface area contributed by atoms with Crippen molar-refractivity contribution in [2.24, 2.45) is 0 Å². The Morgan fingerprint density at radius 3 is 3.04 bits per heavy atom. The third-order valence-electron chi connectivity index (χ3n) is 4.52. The molecule has 8 heteroatoms. The van der Waals surface area contributed by atoms with Crippen LogP contribution in [-0.2, 0) is 11.3 Å². The molecule has 2 atom stereocenters. The van der Waals surface area contributed by atoms with E-state index in [0.29, 0.717) is 17.3 Å². The van der Waals surface area contributed by atoms with Gasteiger partial charge in [0.2, 0.25) is 0 Å². The Balaban J connectivity index is 1.81. The molecule has 2 heterocycles. The van der Waals surface area contributed by atoms with Gasteiger partial charge < -0.3 is 10.4 Å². The van der Waals surface area contributed by atoms with Gasteiger partial charge in [0.05, 0.1) is 29.9 Å². The van der Waals surface area contributed by atoms with Crippen molar-refractivity contribution < 1.29 is 9.90 Å². The van der Waals surface area contributed by atoms with Crippen LogP contribution in [0.4, 0.5) is 0 Å². The number of aliphatic hydroxyl groups is 1. The van der Waals surface area contributed by atoms with Gasteiger partial charge in [-0.25, -0.2) is 4.98 Å². The lowest BCUT2D eigenvalue weighted by atomic mass is 9.97. The van der Waals surface area contributed by atoms with Crippen molar-refractivity contribution in [3.8, 4) is 0 Å². The van der Waals surface area contributed by atoms with Crippen LogP contribution in [-0.4, -0.2) is 44.9 Å². The van der Waals surface area contributed by atoms with Crippen molar-refractivity contribution in [2.45, 2.75) is 49.8 Å². The van der Waals surface area contributed by atoms with Crippen LogP contribution in [0.5, 0.6) is 0 Å². The van der Waals surface area contributed by atoms with E-state index in [1.54, 1.807) is 11.8 Å². The fourth-order valence-corrected chi connectivity index (χ4v) is 4.57. The quantitative estimate of drug-likeness (QED) is 0.671. The summed E-state index contributed by atoms with van der Waals surface area (Å²) < 4.78 is 2.27. The number of nitrogens with one attached hydrogen (secondary N) is 1. The van der Waals surface area contributed by atoms with Crippen molar-refractivity contribution in [1.29, 1.82) is 0 Å². The topological polar surface area (TPSA) is 84.2 Å². The van der Waals surface area contributed by atoms with Crippen molar-refractivity contribution >= 4 is 44.4 Å². The van der Waals surface area contributed by atoms with Gasteiger partial charge in [0.15, 0.2) is 5.78 Å². The molecule has 0 bridgehead atoms. The van der Waals surface area contributed by atoms with Crippen LogP contribution in [0.2, 0.25) is 0 Å². The van der Waals surface area contributed by atoms with Gasteiger partial charge in [-0.3, -0.25) is 14.2 Å². The predicted molar refractivity (Wildman–Crippen MR) is 107 cm³/mol. The minimum atomic E-state index is -0.509. The highest BCUT2D eigenvalue weighted by atomic mass is 79.9. The zero-order valence-corrected chi connectivity index (χ0v) is 17.0. The van der Waals surface area contributed by atoms with Crippen molar-refractivity contribution in [1.82, 2.24) is 14.9 Å². The number of benzene rings is 1. The van der Waals surface area contributed by atoms with Gasteiger partial charge in [-0.05, 0) is 53.2 Å². The Morgan fingerprint density at radius 2 is 2.31 bits per heavy atom. The van der Waals surface area contributed by atoms with Crippen LogP contribution in [0.1, 0.15) is 26.2 Å². The number of carbonyl (C=O) groups is 1. The van der Waals surface area contributed by atoms with Gasteiger partial charge >= 0.3 is 0 Å². The monoisotopic (exact) mass is 439 g/mol. The number of hydrogen-bond acceptors (Lipinski definition) is 6. The highest BCUT2D eigenvalue weighted by Crippen LogP contribution is 2.30. The molecule has 6 nitrogen and oxygen atoms in total. The first-order valence-corrected chi connectivity index (χ1v) is 10.5. The molecule has 26 heavy (non-hydrogen) atoms. The zero-order valence-electron chi connectivity index (χ0n) is 14.6. The Hall–Kier alpha value is -1.22. The SMILES string of the molecule is CCSc1cc2c(=O)n(CC(=O)C[C@H]3NCCC[C@@H]3O)cnc2cc1Br. The predicted octanol–water partition coefficient (Wildman–Crippen LogP) is 2.34. The molecular formula is C18H22BrN3O3S. The molecule has 0 aliphatic carbocycles. The number of hydrogen-bond donors (Lipinski definition) is 2. The van der Waals surface area contributed by atoms with Crippen LogP contribution >= 0.6 is 27.7 Å². The average Bonchev–Trinajstić information content (AvgIpc) is 2.61. The number of piperidine rings is 1. The molecule has 1 aliphatic rings. The van der Waals surface area contributed by atoms with E-state index in [4.69, 9.17) is 0 Å². The second kappa shape index (κ2) is 8.65. The molecule has 0 spiro atoms. The van der Waals surface area contributed by atoms with Crippen molar-refractivity contribution in [3.63, 3.8) is 0 Å². The lowest BCUT2D eigenvalue weighted by molar-refractivity contribution is -0.121. The lowest BCUT2D eigenvalue weighted by Gasteiger charge is -2.28. The molecule has 140 valence electrons. The van der Waals surface area contributed by atoms with E-state index >= 15 is 0 Å². The Morgan fingerprint density at radius 1 is 1.50 bits per heavy atom. The zero-order chi connectivity index (χ0) is 18.7. The summed E-state index contributed by atoms with van der Waals surface area (Å²) >= 11 is 5.15. The van der Waals surface area contributed by atoms with Gasteiger partial charge in [0, 0.05) is 21.8 Å². The molecule has 0 saturated carbocycles. The van der Waals surface area contributed by atoms with Crippen LogP contribution in [0.3, 0.4) is 0 Å². The first-order chi connectivity index (χ1) is 12.5. The first-order valence-electron chi connectivity index (χ1n) is 8.74. The maximum absolute atomic E-state index is 12.8. The molecule has 1 fully saturated rings. The molecule has 0 radical (unpaired) electrons. The normalized spacial score (nSPS) is 20.4. The minimum absolute atomic E-state index is 0.0288. The number of thioether (sulfide) groups is 1. The van der Waals surface area contributed by atoms with E-state index < -0.39 is 6.10 Å². The highest BCUT2D eigenvalue weighted by molar-refractivity contribution is 9.10. The third-order valence-corrected chi connectivity index (χ3v) is 6.38. The van der Waals surface area contributed by atoms with E-state index in [1.165, 1.54) is 10.9 Å². The molecule has 2 aromatic rings. The summed E-state index contributed by atoms with van der Waals surface area (Å²) in [6.45, 7) is 2.83. The summed E-state index contributed by atoms with van der Waals surface area (Å²) in [4.78, 5) is 30.5. The van der Waals surface area contributed by atoms with Gasteiger partial charge in [-0.15, -0.1) is 11.8 Å². The van der Waals surface area contributed by atoms with Crippen molar-refractivity contribution in [2.75, 3.05) is 12.3 Å². The van der Waals surface area contributed by atoms with Crippen LogP contribution in [0.15, 0.2) is 32.6 Å². The lowest BCUT2D eigenvalue weighted by Crippen LogP contribution is -2.46. The maximum Gasteiger partial charge on any atom is 0.261 e. The van der Waals surface area contributed by atoms with E-state index in [0.717, 1.165) is 28.1 Å². The number of fused-ring (bicyclic) bond motifs is 1. The largest absolute Gasteiger partial charge is 0.391 e. The average molecular weight is 440 g/mol. The molecule has 0 unspecified atom stereocenters. The van der Waals surface area contributed by atoms with Crippen molar-refractivity contribution in [3.05, 3.63) is 33.3 Å². The number of ketones is 1. The van der Waals surface area contributed by atoms with Gasteiger partial charge in [0.1, 0.15) is 0 Å². The summed E-state index contributed by atoms with van der Waals surface area (Å²) in [6.07, 6.45) is 2.74. The molecule has 1 aromatic carbocycles. The molecule has 0 amide bonds. The van der Waals surface area contributed by atoms with E-state index in [2.05, 4.69) is 33.2 Å². The summed E-state index contributed by atoms with van der Waals surface area (Å²) in [7, 11) is 0. The number of carbonyl (C=O) groups excluding carboxylic acids is 1. The fraction of sp³-hybridized carbons (Fsp3) is 0.500. The molecule has 2 N–H and O–H groups in total. The van der Waals surface area contributed by atoms with Crippen LogP contribution in [0.25, 0.3) is 10.9 Å². The summed E-state index contributed by atoms with van der Waals surface area (Å²) in [5.74, 6) is 0.806.